The summed E-state index contributed by atoms with van der Waals surface area (Å²) in [6.07, 6.45) is 9.78. The standard InChI is InChI=1S/C24H27N7.Pt/c1-16(2)18-10-12-30(28-18)22-9-7-8-20(26-22)24(5,6)21-14-25-15-23(27-21)31-13-11-19(29-31)17(3)4;/h7-11,14-17H,1-6H3;/q-2;+2. The minimum atomic E-state index is -0.471. The molecule has 0 aliphatic heterocycles. The topological polar surface area (TPSA) is 74.3 Å². The van der Waals surface area contributed by atoms with Crippen molar-refractivity contribution in [2.75, 3.05) is 0 Å². The van der Waals surface area contributed by atoms with E-state index in [4.69, 9.17) is 9.97 Å². The van der Waals surface area contributed by atoms with Crippen LogP contribution in [0.1, 0.15) is 76.2 Å². The van der Waals surface area contributed by atoms with Crippen molar-refractivity contribution in [3.8, 4) is 11.6 Å². The van der Waals surface area contributed by atoms with Gasteiger partial charge in [-0.2, -0.15) is 0 Å². The molecular formula is C24H27N7Pt. The van der Waals surface area contributed by atoms with Crippen molar-refractivity contribution in [2.45, 2.75) is 58.8 Å². The van der Waals surface area contributed by atoms with E-state index in [2.05, 4.69) is 69.1 Å². The summed E-state index contributed by atoms with van der Waals surface area (Å²) in [6, 6.07) is 9.72. The first kappa shape index (κ1) is 24.0. The number of hydrogen-bond donors (Lipinski definition) is 0. The molecule has 4 aromatic heterocycles. The maximum atomic E-state index is 4.86. The molecule has 0 bridgehead atoms. The summed E-state index contributed by atoms with van der Waals surface area (Å²) < 4.78 is 3.35. The predicted molar refractivity (Wildman–Crippen MR) is 118 cm³/mol. The summed E-state index contributed by atoms with van der Waals surface area (Å²) >= 11 is 0. The molecule has 0 aliphatic rings. The van der Waals surface area contributed by atoms with Crippen LogP contribution in [0.5, 0.6) is 0 Å². The SMILES string of the molecule is CC(C)c1c[c-]n(-c2cccc(C(C)(C)c3cncc(-n4[c-]cc(C(C)C)n4)n3)n2)n1.[Pt+2]. The number of aromatic nitrogens is 7. The van der Waals surface area contributed by atoms with Gasteiger partial charge >= 0.3 is 21.1 Å². The first-order chi connectivity index (χ1) is 14.8. The summed E-state index contributed by atoms with van der Waals surface area (Å²) in [5.41, 5.74) is 3.16. The van der Waals surface area contributed by atoms with Gasteiger partial charge in [0.1, 0.15) is 0 Å². The molecule has 7 nitrogen and oxygen atoms in total. The summed E-state index contributed by atoms with van der Waals surface area (Å²) in [5.74, 6) is 2.02. The fourth-order valence-electron chi connectivity index (χ4n) is 3.18. The van der Waals surface area contributed by atoms with Gasteiger partial charge < -0.3 is 9.36 Å². The molecule has 0 spiro atoms. The Hall–Kier alpha value is -2.66. The van der Waals surface area contributed by atoms with E-state index >= 15 is 0 Å². The largest absolute Gasteiger partial charge is 2.00 e. The molecule has 0 aliphatic carbocycles. The Bertz CT molecular complexity index is 1100. The Morgan fingerprint density at radius 3 is 1.91 bits per heavy atom. The number of hydrogen-bond acceptors (Lipinski definition) is 5. The quantitative estimate of drug-likeness (QED) is 0.303. The summed E-state index contributed by atoms with van der Waals surface area (Å²) in [7, 11) is 0. The Kier molecular flexibility index (Phi) is 7.09. The van der Waals surface area contributed by atoms with Crippen LogP contribution in [-0.4, -0.2) is 34.5 Å². The average molecular weight is 609 g/mol. The van der Waals surface area contributed by atoms with Crippen molar-refractivity contribution in [2.24, 2.45) is 0 Å². The summed E-state index contributed by atoms with van der Waals surface area (Å²) in [5, 5.41) is 9.17. The van der Waals surface area contributed by atoms with Gasteiger partial charge in [0.25, 0.3) is 0 Å². The van der Waals surface area contributed by atoms with Crippen molar-refractivity contribution in [1.82, 2.24) is 34.5 Å². The zero-order valence-electron chi connectivity index (χ0n) is 19.1. The van der Waals surface area contributed by atoms with Gasteiger partial charge in [-0.1, -0.05) is 52.2 Å². The van der Waals surface area contributed by atoms with Gasteiger partial charge in [0, 0.05) is 23.5 Å². The van der Waals surface area contributed by atoms with E-state index in [1.807, 2.05) is 30.3 Å². The monoisotopic (exact) mass is 608 g/mol. The van der Waals surface area contributed by atoms with Gasteiger partial charge in [-0.15, -0.1) is 12.1 Å². The first-order valence-electron chi connectivity index (χ1n) is 10.5. The van der Waals surface area contributed by atoms with Crippen molar-refractivity contribution in [3.05, 3.63) is 77.9 Å². The molecule has 0 fully saturated rings. The van der Waals surface area contributed by atoms with Crippen LogP contribution in [0.15, 0.2) is 42.7 Å². The summed E-state index contributed by atoms with van der Waals surface area (Å²) in [4.78, 5) is 14.1. The van der Waals surface area contributed by atoms with Crippen LogP contribution in [0.25, 0.3) is 11.6 Å². The number of pyridine rings is 1. The third kappa shape index (κ3) is 4.73. The van der Waals surface area contributed by atoms with Crippen molar-refractivity contribution in [1.29, 1.82) is 0 Å². The van der Waals surface area contributed by atoms with Crippen LogP contribution in [0.3, 0.4) is 0 Å². The molecule has 4 rings (SSSR count). The van der Waals surface area contributed by atoms with E-state index < -0.39 is 5.41 Å². The molecular weight excluding hydrogens is 581 g/mol. The Labute approximate surface area is 203 Å². The van der Waals surface area contributed by atoms with E-state index in [1.54, 1.807) is 21.8 Å². The Morgan fingerprint density at radius 1 is 0.781 bits per heavy atom. The van der Waals surface area contributed by atoms with Crippen LogP contribution in [-0.2, 0) is 26.5 Å². The molecule has 0 radical (unpaired) electrons. The zero-order valence-corrected chi connectivity index (χ0v) is 21.4. The smallest absolute Gasteiger partial charge is 0.343 e. The van der Waals surface area contributed by atoms with Gasteiger partial charge in [-0.25, -0.2) is 0 Å². The summed E-state index contributed by atoms with van der Waals surface area (Å²) in [6.45, 7) is 12.6. The van der Waals surface area contributed by atoms with E-state index in [9.17, 15) is 0 Å². The van der Waals surface area contributed by atoms with Crippen LogP contribution in [0.4, 0.5) is 0 Å². The molecule has 0 saturated carbocycles. The van der Waals surface area contributed by atoms with Crippen LogP contribution in [0.2, 0.25) is 0 Å². The van der Waals surface area contributed by atoms with Gasteiger partial charge in [-0.3, -0.25) is 25.1 Å². The van der Waals surface area contributed by atoms with Gasteiger partial charge in [0.2, 0.25) is 0 Å². The molecule has 0 aromatic carbocycles. The second-order valence-electron chi connectivity index (χ2n) is 8.80. The fourth-order valence-corrected chi connectivity index (χ4v) is 3.18. The minimum absolute atomic E-state index is 0. The van der Waals surface area contributed by atoms with Crippen LogP contribution < -0.4 is 0 Å². The molecule has 0 amide bonds. The van der Waals surface area contributed by atoms with Crippen molar-refractivity contribution < 1.29 is 21.1 Å². The third-order valence-corrected chi connectivity index (χ3v) is 5.35. The predicted octanol–water partition coefficient (Wildman–Crippen LogP) is 4.41. The second kappa shape index (κ2) is 9.45. The molecule has 0 N–H and O–H groups in total. The van der Waals surface area contributed by atoms with Gasteiger partial charge in [0.15, 0.2) is 0 Å². The first-order valence-corrected chi connectivity index (χ1v) is 10.5. The minimum Gasteiger partial charge on any atom is -0.343 e. The van der Waals surface area contributed by atoms with E-state index in [0.717, 1.165) is 28.6 Å². The van der Waals surface area contributed by atoms with E-state index in [-0.39, 0.29) is 21.1 Å². The van der Waals surface area contributed by atoms with Gasteiger partial charge in [-0.05, 0) is 43.1 Å². The average Bonchev–Trinajstić information content (AvgIpc) is 3.44. The van der Waals surface area contributed by atoms with Crippen LogP contribution in [0, 0.1) is 12.4 Å². The van der Waals surface area contributed by atoms with E-state index in [0.29, 0.717) is 17.7 Å². The molecule has 32 heavy (non-hydrogen) atoms. The van der Waals surface area contributed by atoms with Crippen molar-refractivity contribution >= 4 is 0 Å². The second-order valence-corrected chi connectivity index (χ2v) is 8.80. The fraction of sp³-hybridized carbons (Fsp3) is 0.375. The molecule has 8 heteroatoms. The molecule has 0 atom stereocenters. The number of nitrogens with zero attached hydrogens (tertiary/aromatic N) is 7. The molecule has 0 saturated heterocycles. The van der Waals surface area contributed by atoms with Crippen molar-refractivity contribution in [3.63, 3.8) is 0 Å². The number of rotatable bonds is 6. The normalized spacial score (nSPS) is 11.8. The maximum Gasteiger partial charge on any atom is 2.00 e. The third-order valence-electron chi connectivity index (χ3n) is 5.35. The van der Waals surface area contributed by atoms with Gasteiger partial charge in [0.05, 0.1) is 17.3 Å². The zero-order chi connectivity index (χ0) is 22.2. The maximum absolute atomic E-state index is 4.86. The molecule has 4 aromatic rings. The Morgan fingerprint density at radius 2 is 1.34 bits per heavy atom. The van der Waals surface area contributed by atoms with Crippen LogP contribution >= 0.6 is 0 Å². The Balaban J connectivity index is 0.00000289. The molecule has 168 valence electrons. The molecule has 4 heterocycles. The van der Waals surface area contributed by atoms with E-state index in [1.165, 1.54) is 0 Å². The molecule has 0 unspecified atom stereocenters.